The minimum atomic E-state index is -0.157. The highest BCUT2D eigenvalue weighted by Crippen LogP contribution is 2.19. The Morgan fingerprint density at radius 1 is 1.22 bits per heavy atom. The summed E-state index contributed by atoms with van der Waals surface area (Å²) in [6.45, 7) is 5.56. The lowest BCUT2D eigenvalue weighted by molar-refractivity contribution is 0.496. The summed E-state index contributed by atoms with van der Waals surface area (Å²) in [5, 5.41) is 3.50. The number of halogens is 1. The van der Waals surface area contributed by atoms with Gasteiger partial charge in [0, 0.05) is 10.9 Å². The number of nitrogens with one attached hydrogen (secondary N) is 1. The largest absolute Gasteiger partial charge is 0.314 e. The van der Waals surface area contributed by atoms with Crippen LogP contribution in [0.15, 0.2) is 29.2 Å². The van der Waals surface area contributed by atoms with Crippen LogP contribution < -0.4 is 5.32 Å². The van der Waals surface area contributed by atoms with Crippen molar-refractivity contribution >= 4 is 11.8 Å². The topological polar surface area (TPSA) is 12.0 Å². The highest BCUT2D eigenvalue weighted by atomic mass is 32.2. The molecule has 1 nitrogen and oxygen atoms in total. The standard InChI is InChI=1S/C15H24FNS/c1-3-11-17-13(2)6-4-5-12-18-15-9-7-14(16)8-10-15/h7-10,13,17H,3-6,11-12H2,1-2H3. The van der Waals surface area contributed by atoms with Crippen molar-refractivity contribution in [3.8, 4) is 0 Å². The van der Waals surface area contributed by atoms with Crippen LogP contribution >= 0.6 is 11.8 Å². The van der Waals surface area contributed by atoms with Gasteiger partial charge < -0.3 is 5.32 Å². The summed E-state index contributed by atoms with van der Waals surface area (Å²) >= 11 is 1.81. The highest BCUT2D eigenvalue weighted by molar-refractivity contribution is 7.99. The third kappa shape index (κ3) is 7.02. The Morgan fingerprint density at radius 2 is 1.94 bits per heavy atom. The van der Waals surface area contributed by atoms with E-state index in [2.05, 4.69) is 19.2 Å². The molecule has 0 heterocycles. The molecule has 3 heteroatoms. The zero-order chi connectivity index (χ0) is 13.2. The zero-order valence-electron chi connectivity index (χ0n) is 11.4. The quantitative estimate of drug-likeness (QED) is 0.524. The van der Waals surface area contributed by atoms with Crippen molar-refractivity contribution in [1.29, 1.82) is 0 Å². The molecule has 0 aliphatic heterocycles. The average Bonchev–Trinajstić information content (AvgIpc) is 2.38. The van der Waals surface area contributed by atoms with E-state index >= 15 is 0 Å². The van der Waals surface area contributed by atoms with Gasteiger partial charge in [-0.2, -0.15) is 0 Å². The van der Waals surface area contributed by atoms with Gasteiger partial charge in [0.15, 0.2) is 0 Å². The average molecular weight is 269 g/mol. The van der Waals surface area contributed by atoms with Crippen LogP contribution in [0.25, 0.3) is 0 Å². The Balaban J connectivity index is 2.03. The predicted octanol–water partition coefficient (Wildman–Crippen LogP) is 4.48. The lowest BCUT2D eigenvalue weighted by atomic mass is 10.1. The van der Waals surface area contributed by atoms with Gasteiger partial charge in [-0.05, 0) is 62.7 Å². The third-order valence-electron chi connectivity index (χ3n) is 2.86. The molecule has 0 saturated heterocycles. The summed E-state index contributed by atoms with van der Waals surface area (Å²) in [5.74, 6) is 0.960. The minimum absolute atomic E-state index is 0.157. The van der Waals surface area contributed by atoms with E-state index in [0.29, 0.717) is 6.04 Å². The Labute approximate surface area is 115 Å². The van der Waals surface area contributed by atoms with Gasteiger partial charge in [-0.3, -0.25) is 0 Å². The van der Waals surface area contributed by atoms with Crippen LogP contribution in [0.2, 0.25) is 0 Å². The van der Waals surface area contributed by atoms with Gasteiger partial charge in [0.05, 0.1) is 0 Å². The van der Waals surface area contributed by atoms with E-state index in [0.717, 1.165) is 17.2 Å². The van der Waals surface area contributed by atoms with Crippen LogP contribution in [0.4, 0.5) is 4.39 Å². The van der Waals surface area contributed by atoms with E-state index in [1.165, 1.54) is 37.8 Å². The van der Waals surface area contributed by atoms with Gasteiger partial charge in [-0.25, -0.2) is 4.39 Å². The van der Waals surface area contributed by atoms with Crippen LogP contribution in [0.1, 0.15) is 39.5 Å². The molecule has 0 spiro atoms. The maximum Gasteiger partial charge on any atom is 0.123 e. The molecule has 0 fully saturated rings. The Hall–Kier alpha value is -0.540. The summed E-state index contributed by atoms with van der Waals surface area (Å²) < 4.78 is 12.7. The van der Waals surface area contributed by atoms with Gasteiger partial charge in [-0.1, -0.05) is 13.3 Å². The Kier molecular flexibility index (Phi) is 8.10. The maximum absolute atomic E-state index is 12.7. The molecular formula is C15H24FNS. The first kappa shape index (κ1) is 15.5. The molecule has 0 aliphatic rings. The van der Waals surface area contributed by atoms with E-state index in [4.69, 9.17) is 0 Å². The molecule has 0 saturated carbocycles. The van der Waals surface area contributed by atoms with Gasteiger partial charge in [0.1, 0.15) is 5.82 Å². The molecule has 1 atom stereocenters. The molecule has 102 valence electrons. The Morgan fingerprint density at radius 3 is 2.61 bits per heavy atom. The number of unbranched alkanes of at least 4 members (excludes halogenated alkanes) is 1. The smallest absolute Gasteiger partial charge is 0.123 e. The van der Waals surface area contributed by atoms with Crippen LogP contribution in [-0.4, -0.2) is 18.3 Å². The first-order valence-corrected chi connectivity index (χ1v) is 7.82. The zero-order valence-corrected chi connectivity index (χ0v) is 12.2. The van der Waals surface area contributed by atoms with Crippen molar-refractivity contribution in [2.24, 2.45) is 0 Å². The fourth-order valence-electron chi connectivity index (χ4n) is 1.77. The fourth-order valence-corrected chi connectivity index (χ4v) is 2.68. The molecule has 18 heavy (non-hydrogen) atoms. The van der Waals surface area contributed by atoms with Crippen molar-refractivity contribution in [2.75, 3.05) is 12.3 Å². The minimum Gasteiger partial charge on any atom is -0.314 e. The third-order valence-corrected chi connectivity index (χ3v) is 3.95. The van der Waals surface area contributed by atoms with Crippen LogP contribution in [0.5, 0.6) is 0 Å². The molecule has 1 aromatic rings. The molecule has 1 N–H and O–H groups in total. The molecule has 1 aromatic carbocycles. The number of rotatable bonds is 9. The van der Waals surface area contributed by atoms with Crippen LogP contribution in [0, 0.1) is 5.82 Å². The lowest BCUT2D eigenvalue weighted by Crippen LogP contribution is -2.26. The normalized spacial score (nSPS) is 12.6. The lowest BCUT2D eigenvalue weighted by Gasteiger charge is -2.12. The maximum atomic E-state index is 12.7. The van der Waals surface area contributed by atoms with E-state index in [1.54, 1.807) is 0 Å². The summed E-state index contributed by atoms with van der Waals surface area (Å²) in [7, 11) is 0. The molecule has 0 radical (unpaired) electrons. The van der Waals surface area contributed by atoms with Gasteiger partial charge in [0.25, 0.3) is 0 Å². The molecule has 0 aromatic heterocycles. The van der Waals surface area contributed by atoms with Crippen molar-refractivity contribution < 1.29 is 4.39 Å². The molecule has 1 unspecified atom stereocenters. The first-order valence-electron chi connectivity index (χ1n) is 6.84. The number of thioether (sulfide) groups is 1. The molecule has 0 amide bonds. The SMILES string of the molecule is CCCNC(C)CCCCSc1ccc(F)cc1. The van der Waals surface area contributed by atoms with E-state index in [1.807, 2.05) is 23.9 Å². The van der Waals surface area contributed by atoms with Gasteiger partial charge in [0.2, 0.25) is 0 Å². The number of hydrogen-bond donors (Lipinski definition) is 1. The van der Waals surface area contributed by atoms with E-state index in [9.17, 15) is 4.39 Å². The van der Waals surface area contributed by atoms with Gasteiger partial charge >= 0.3 is 0 Å². The van der Waals surface area contributed by atoms with Crippen LogP contribution in [-0.2, 0) is 0 Å². The summed E-state index contributed by atoms with van der Waals surface area (Å²) in [6.07, 6.45) is 4.92. The number of benzene rings is 1. The molecule has 0 bridgehead atoms. The molecule has 0 aliphatic carbocycles. The Bertz CT molecular complexity index is 313. The predicted molar refractivity (Wildman–Crippen MR) is 78.7 cm³/mol. The summed E-state index contributed by atoms with van der Waals surface area (Å²) in [5.41, 5.74) is 0. The van der Waals surface area contributed by atoms with Crippen molar-refractivity contribution in [3.05, 3.63) is 30.1 Å². The van der Waals surface area contributed by atoms with Gasteiger partial charge in [-0.15, -0.1) is 11.8 Å². The van der Waals surface area contributed by atoms with E-state index < -0.39 is 0 Å². The second-order valence-corrected chi connectivity index (χ2v) is 5.82. The van der Waals surface area contributed by atoms with E-state index in [-0.39, 0.29) is 5.82 Å². The van der Waals surface area contributed by atoms with Crippen molar-refractivity contribution in [2.45, 2.75) is 50.5 Å². The van der Waals surface area contributed by atoms with Crippen molar-refractivity contribution in [1.82, 2.24) is 5.32 Å². The summed E-state index contributed by atoms with van der Waals surface area (Å²) in [6, 6.07) is 7.38. The summed E-state index contributed by atoms with van der Waals surface area (Å²) in [4.78, 5) is 1.16. The molecular weight excluding hydrogens is 245 g/mol. The van der Waals surface area contributed by atoms with Crippen LogP contribution in [0.3, 0.4) is 0 Å². The molecule has 1 rings (SSSR count). The number of hydrogen-bond acceptors (Lipinski definition) is 2. The second kappa shape index (κ2) is 9.40. The second-order valence-electron chi connectivity index (χ2n) is 4.65. The fraction of sp³-hybridized carbons (Fsp3) is 0.600. The first-order chi connectivity index (χ1) is 8.72. The monoisotopic (exact) mass is 269 g/mol. The van der Waals surface area contributed by atoms with Crippen molar-refractivity contribution in [3.63, 3.8) is 0 Å². The highest BCUT2D eigenvalue weighted by Gasteiger charge is 2.00.